The van der Waals surface area contributed by atoms with Gasteiger partial charge in [-0.3, -0.25) is 4.57 Å². The molecule has 0 amide bonds. The third-order valence-corrected chi connectivity index (χ3v) is 2.53. The van der Waals surface area contributed by atoms with Crippen LogP contribution in [0.15, 0.2) is 23.0 Å². The summed E-state index contributed by atoms with van der Waals surface area (Å²) in [6.07, 6.45) is 0. The van der Waals surface area contributed by atoms with Gasteiger partial charge < -0.3 is 14.8 Å². The van der Waals surface area contributed by atoms with Gasteiger partial charge in [-0.2, -0.15) is 0 Å². The molecule has 1 aromatic heterocycles. The van der Waals surface area contributed by atoms with Crippen molar-refractivity contribution in [3.05, 3.63) is 28.7 Å². The molecule has 0 aliphatic carbocycles. The van der Waals surface area contributed by atoms with Gasteiger partial charge in [0.25, 0.3) is 0 Å². The summed E-state index contributed by atoms with van der Waals surface area (Å²) >= 11 is 0. The number of hydrogen-bond donors (Lipinski definition) is 2. The van der Waals surface area contributed by atoms with E-state index in [1.807, 2.05) is 0 Å². The molecule has 1 heterocycles. The Hall–Kier alpha value is -1.75. The summed E-state index contributed by atoms with van der Waals surface area (Å²) in [7, 11) is 1.58. The highest BCUT2D eigenvalue weighted by Crippen LogP contribution is 2.19. The number of hydrogen-bond acceptors (Lipinski definition) is 3. The molecule has 2 rings (SSSR count). The van der Waals surface area contributed by atoms with Crippen molar-refractivity contribution in [1.82, 2.24) is 9.55 Å². The van der Waals surface area contributed by atoms with Gasteiger partial charge in [-0.25, -0.2) is 4.79 Å². The molecule has 0 fully saturated rings. The van der Waals surface area contributed by atoms with Gasteiger partial charge in [0.2, 0.25) is 0 Å². The van der Waals surface area contributed by atoms with Crippen LogP contribution in [0.25, 0.3) is 11.0 Å². The smallest absolute Gasteiger partial charge is 0.326 e. The van der Waals surface area contributed by atoms with Crippen LogP contribution in [0.2, 0.25) is 0 Å². The van der Waals surface area contributed by atoms with Crippen LogP contribution < -0.4 is 10.4 Å². The molecule has 0 spiro atoms. The lowest BCUT2D eigenvalue weighted by Crippen LogP contribution is -2.31. The number of imidazole rings is 1. The summed E-state index contributed by atoms with van der Waals surface area (Å²) in [6, 6.07) is 5.35. The van der Waals surface area contributed by atoms with Crippen LogP contribution >= 0.6 is 0 Å². The fourth-order valence-electron chi connectivity index (χ4n) is 1.81. The summed E-state index contributed by atoms with van der Waals surface area (Å²) in [5.41, 5.74) is 0.311. The fourth-order valence-corrected chi connectivity index (χ4v) is 1.81. The molecule has 0 atom stereocenters. The van der Waals surface area contributed by atoms with Crippen molar-refractivity contribution >= 4 is 11.0 Å². The molecule has 1 aromatic carbocycles. The van der Waals surface area contributed by atoms with E-state index >= 15 is 0 Å². The molecule has 5 nitrogen and oxygen atoms in total. The molecule has 0 radical (unpaired) electrons. The third-order valence-electron chi connectivity index (χ3n) is 2.53. The van der Waals surface area contributed by atoms with E-state index in [9.17, 15) is 9.90 Å². The number of methoxy groups -OCH3 is 1. The van der Waals surface area contributed by atoms with E-state index in [0.717, 1.165) is 5.52 Å². The van der Waals surface area contributed by atoms with Crippen molar-refractivity contribution in [1.29, 1.82) is 0 Å². The number of benzene rings is 1. The van der Waals surface area contributed by atoms with Crippen LogP contribution in [0.5, 0.6) is 5.75 Å². The van der Waals surface area contributed by atoms with Crippen molar-refractivity contribution in [3.8, 4) is 5.75 Å². The molecule has 0 saturated heterocycles. The summed E-state index contributed by atoms with van der Waals surface area (Å²) in [4.78, 5) is 14.5. The average Bonchev–Trinajstić information content (AvgIpc) is 2.52. The monoisotopic (exact) mass is 236 g/mol. The lowest BCUT2D eigenvalue weighted by molar-refractivity contribution is 0.0617. The fraction of sp³-hybridized carbons (Fsp3) is 0.417. The predicted molar refractivity (Wildman–Crippen MR) is 65.4 cm³/mol. The maximum Gasteiger partial charge on any atom is 0.326 e. The first-order valence-corrected chi connectivity index (χ1v) is 5.40. The zero-order valence-corrected chi connectivity index (χ0v) is 10.2. The standard InChI is InChI=1S/C12H16N2O3/c1-12(2,16)7-14-10-5-4-8(17-3)6-9(10)13-11(14)15/h4-6,16H,7H2,1-3H3,(H,13,15). The highest BCUT2D eigenvalue weighted by Gasteiger charge is 2.17. The van der Waals surface area contributed by atoms with Crippen LogP contribution in [-0.4, -0.2) is 27.4 Å². The molecule has 0 aliphatic rings. The van der Waals surface area contributed by atoms with E-state index in [1.165, 1.54) is 4.57 Å². The largest absolute Gasteiger partial charge is 0.497 e. The number of rotatable bonds is 3. The zero-order chi connectivity index (χ0) is 12.6. The first kappa shape index (κ1) is 11.7. The zero-order valence-electron chi connectivity index (χ0n) is 10.2. The maximum atomic E-state index is 11.8. The third kappa shape index (κ3) is 2.34. The Bertz CT molecular complexity index is 590. The number of aromatic nitrogens is 2. The number of nitrogens with zero attached hydrogens (tertiary/aromatic N) is 1. The Morgan fingerprint density at radius 3 is 2.76 bits per heavy atom. The van der Waals surface area contributed by atoms with Crippen LogP contribution in [0.3, 0.4) is 0 Å². The molecule has 0 aliphatic heterocycles. The molecule has 5 heteroatoms. The minimum atomic E-state index is -0.932. The first-order valence-electron chi connectivity index (χ1n) is 5.40. The van der Waals surface area contributed by atoms with Gasteiger partial charge >= 0.3 is 5.69 Å². The predicted octanol–water partition coefficient (Wildman–Crippen LogP) is 1.11. The van der Waals surface area contributed by atoms with E-state index in [2.05, 4.69) is 4.98 Å². The summed E-state index contributed by atoms with van der Waals surface area (Å²) < 4.78 is 6.61. The van der Waals surface area contributed by atoms with Crippen molar-refractivity contribution < 1.29 is 9.84 Å². The lowest BCUT2D eigenvalue weighted by Gasteiger charge is -2.17. The molecule has 2 N–H and O–H groups in total. The number of H-pyrrole nitrogens is 1. The Morgan fingerprint density at radius 1 is 1.47 bits per heavy atom. The number of aromatic amines is 1. The van der Waals surface area contributed by atoms with Gasteiger partial charge in [0.15, 0.2) is 0 Å². The number of nitrogens with one attached hydrogen (secondary N) is 1. The molecule has 17 heavy (non-hydrogen) atoms. The second kappa shape index (κ2) is 3.92. The Balaban J connectivity index is 2.57. The van der Waals surface area contributed by atoms with Crippen molar-refractivity contribution in [2.45, 2.75) is 26.0 Å². The van der Waals surface area contributed by atoms with E-state index < -0.39 is 5.60 Å². The van der Waals surface area contributed by atoms with Crippen LogP contribution in [0.1, 0.15) is 13.8 Å². The van der Waals surface area contributed by atoms with Crippen molar-refractivity contribution in [2.24, 2.45) is 0 Å². The molecule has 92 valence electrons. The molecule has 2 aromatic rings. The van der Waals surface area contributed by atoms with Crippen LogP contribution in [0, 0.1) is 0 Å². The maximum absolute atomic E-state index is 11.8. The average molecular weight is 236 g/mol. The topological polar surface area (TPSA) is 67.2 Å². The lowest BCUT2D eigenvalue weighted by atomic mass is 10.1. The number of aliphatic hydroxyl groups is 1. The van der Waals surface area contributed by atoms with Crippen molar-refractivity contribution in [2.75, 3.05) is 7.11 Å². The summed E-state index contributed by atoms with van der Waals surface area (Å²) in [6.45, 7) is 3.59. The summed E-state index contributed by atoms with van der Waals surface area (Å²) in [5, 5.41) is 9.78. The summed E-state index contributed by atoms with van der Waals surface area (Å²) in [5.74, 6) is 0.689. The van der Waals surface area contributed by atoms with Crippen LogP contribution in [-0.2, 0) is 6.54 Å². The molecular weight excluding hydrogens is 220 g/mol. The van der Waals surface area contributed by atoms with E-state index in [4.69, 9.17) is 4.74 Å². The minimum Gasteiger partial charge on any atom is -0.497 e. The van der Waals surface area contributed by atoms with E-state index in [-0.39, 0.29) is 12.2 Å². The quantitative estimate of drug-likeness (QED) is 0.838. The van der Waals surface area contributed by atoms with Crippen molar-refractivity contribution in [3.63, 3.8) is 0 Å². The number of ether oxygens (including phenoxy) is 1. The first-order chi connectivity index (χ1) is 7.90. The SMILES string of the molecule is COc1ccc2c(c1)[nH]c(=O)n2CC(C)(C)O. The van der Waals surface area contributed by atoms with Gasteiger partial charge in [-0.15, -0.1) is 0 Å². The Labute approximate surface area is 98.6 Å². The minimum absolute atomic E-state index is 0.227. The van der Waals surface area contributed by atoms with Gasteiger partial charge in [0.1, 0.15) is 5.75 Å². The Kier molecular flexibility index (Phi) is 2.71. The van der Waals surface area contributed by atoms with Gasteiger partial charge in [0.05, 0.1) is 30.3 Å². The molecule has 0 bridgehead atoms. The molecule has 0 saturated carbocycles. The Morgan fingerprint density at radius 2 is 2.18 bits per heavy atom. The number of fused-ring (bicyclic) bond motifs is 1. The van der Waals surface area contributed by atoms with E-state index in [1.54, 1.807) is 39.2 Å². The van der Waals surface area contributed by atoms with Crippen LogP contribution in [0.4, 0.5) is 0 Å². The second-order valence-corrected chi connectivity index (χ2v) is 4.71. The van der Waals surface area contributed by atoms with Gasteiger partial charge in [-0.05, 0) is 26.0 Å². The highest BCUT2D eigenvalue weighted by molar-refractivity contribution is 5.77. The van der Waals surface area contributed by atoms with Gasteiger partial charge in [-0.1, -0.05) is 0 Å². The highest BCUT2D eigenvalue weighted by atomic mass is 16.5. The van der Waals surface area contributed by atoms with E-state index in [0.29, 0.717) is 11.3 Å². The normalized spacial score (nSPS) is 12.0. The second-order valence-electron chi connectivity index (χ2n) is 4.71. The van der Waals surface area contributed by atoms with Gasteiger partial charge in [0, 0.05) is 6.07 Å². The molecular formula is C12H16N2O3. The molecule has 0 unspecified atom stereocenters.